The predicted octanol–water partition coefficient (Wildman–Crippen LogP) is 19.0. The third kappa shape index (κ3) is 8.33. The van der Waals surface area contributed by atoms with Gasteiger partial charge in [0.15, 0.2) is 8.07 Å². The van der Waals surface area contributed by atoms with E-state index in [1.54, 1.807) is 0 Å². The third-order valence-corrected chi connectivity index (χ3v) is 23.1. The molecule has 0 radical (unpaired) electrons. The fraction of sp³-hybridized carbons (Fsp3) is 0. The molecular weight excluding hydrogens is 1080 g/mol. The Morgan fingerprint density at radius 1 is 0.159 bits per heavy atom. The van der Waals surface area contributed by atoms with Crippen molar-refractivity contribution in [1.82, 2.24) is 13.7 Å². The van der Waals surface area contributed by atoms with Gasteiger partial charge in [-0.25, -0.2) is 0 Å². The molecule has 0 saturated heterocycles. The minimum atomic E-state index is -3.01. The van der Waals surface area contributed by atoms with Gasteiger partial charge in [-0.15, -0.1) is 0 Å². The number of hydrogen-bond donors (Lipinski definition) is 0. The summed E-state index contributed by atoms with van der Waals surface area (Å²) < 4.78 is 7.53. The summed E-state index contributed by atoms with van der Waals surface area (Å²) in [6.45, 7) is 0. The van der Waals surface area contributed by atoms with E-state index in [4.69, 9.17) is 0 Å². The first kappa shape index (κ1) is 51.1. The van der Waals surface area contributed by atoms with Crippen LogP contribution in [0.2, 0.25) is 0 Å². The van der Waals surface area contributed by atoms with Gasteiger partial charge >= 0.3 is 0 Å². The van der Waals surface area contributed by atoms with Gasteiger partial charge in [-0.05, 0) is 138 Å². The highest BCUT2D eigenvalue weighted by Gasteiger charge is 2.42. The molecule has 0 aliphatic rings. The molecule has 4 heteroatoms. The molecule has 17 aromatic rings. The highest BCUT2D eigenvalue weighted by Crippen LogP contribution is 2.42. The van der Waals surface area contributed by atoms with Crippen LogP contribution in [0.5, 0.6) is 0 Å². The van der Waals surface area contributed by atoms with Crippen LogP contribution < -0.4 is 20.7 Å². The first-order valence-corrected chi connectivity index (χ1v) is 32.4. The number of benzene rings is 14. The van der Waals surface area contributed by atoms with Crippen molar-refractivity contribution in [3.8, 4) is 61.6 Å². The Morgan fingerprint density at radius 3 is 0.977 bits per heavy atom. The molecule has 3 aromatic heterocycles. The van der Waals surface area contributed by atoms with Crippen molar-refractivity contribution >= 4 is 94.2 Å². The van der Waals surface area contributed by atoms with Crippen LogP contribution in [0, 0.1) is 0 Å². The zero-order chi connectivity index (χ0) is 58.1. The predicted molar refractivity (Wildman–Crippen MR) is 375 cm³/mol. The van der Waals surface area contributed by atoms with Gasteiger partial charge in [0.1, 0.15) is 0 Å². The summed E-state index contributed by atoms with van der Waals surface area (Å²) in [7, 11) is -3.01. The normalized spacial score (nSPS) is 11.9. The third-order valence-electron chi connectivity index (χ3n) is 18.4. The minimum absolute atomic E-state index is 1.08. The standard InChI is InChI=1S/C84H57N3Si/c1-7-23-58(24-8-1)62-39-44-71(45-40-62)88(69-31-15-5-16-32-69,70-33-17-6-18-34-70)72-46-48-76-74-36-20-22-38-80(74)87(84(76)57-72)68-52-65(61-29-13-4-14-30-61)51-67(55-68)86-79-37-21-19-35-73(79)75-47-43-66(56-83(75)86)85-81-49-41-63(59-25-9-2-10-26-59)53-77(81)78-54-64(42-50-82(78)85)60-27-11-3-12-28-60/h1-57H. The maximum atomic E-state index is 2.55. The molecule has 0 saturated carbocycles. The Morgan fingerprint density at radius 2 is 0.489 bits per heavy atom. The molecule has 0 aliphatic heterocycles. The van der Waals surface area contributed by atoms with Gasteiger partial charge in [-0.1, -0.05) is 273 Å². The second-order valence-corrected chi connectivity index (χ2v) is 27.0. The monoisotopic (exact) mass is 1140 g/mol. The van der Waals surface area contributed by atoms with E-state index in [9.17, 15) is 0 Å². The van der Waals surface area contributed by atoms with Crippen molar-refractivity contribution in [2.75, 3.05) is 0 Å². The summed E-state index contributed by atoms with van der Waals surface area (Å²) in [5.41, 5.74) is 19.7. The number of hydrogen-bond acceptors (Lipinski definition) is 0. The molecule has 0 atom stereocenters. The maximum Gasteiger partial charge on any atom is 0.179 e. The fourth-order valence-electron chi connectivity index (χ4n) is 14.4. The van der Waals surface area contributed by atoms with Crippen molar-refractivity contribution < 1.29 is 0 Å². The average Bonchev–Trinajstić information content (AvgIpc) is 1.75. The summed E-state index contributed by atoms with van der Waals surface area (Å²) in [5, 5.41) is 12.6. The molecule has 3 nitrogen and oxygen atoms in total. The highest BCUT2D eigenvalue weighted by atomic mass is 28.3. The Labute approximate surface area is 512 Å². The summed E-state index contributed by atoms with van der Waals surface area (Å²) in [6.07, 6.45) is 0. The van der Waals surface area contributed by atoms with E-state index in [1.165, 1.54) is 92.0 Å². The average molecular weight is 1140 g/mol. The van der Waals surface area contributed by atoms with Crippen LogP contribution >= 0.6 is 0 Å². The molecule has 0 unspecified atom stereocenters. The lowest BCUT2D eigenvalue weighted by Crippen LogP contribution is -2.74. The number of fused-ring (bicyclic) bond motifs is 9. The summed E-state index contributed by atoms with van der Waals surface area (Å²) in [4.78, 5) is 0. The molecule has 0 spiro atoms. The Bertz CT molecular complexity index is 5320. The van der Waals surface area contributed by atoms with E-state index in [0.717, 1.165) is 55.8 Å². The van der Waals surface area contributed by atoms with E-state index in [-0.39, 0.29) is 0 Å². The van der Waals surface area contributed by atoms with E-state index >= 15 is 0 Å². The molecule has 17 rings (SSSR count). The van der Waals surface area contributed by atoms with Crippen LogP contribution in [0.3, 0.4) is 0 Å². The zero-order valence-electron chi connectivity index (χ0n) is 48.3. The molecule has 0 bridgehead atoms. The van der Waals surface area contributed by atoms with Crippen molar-refractivity contribution in [3.05, 3.63) is 346 Å². The van der Waals surface area contributed by atoms with Gasteiger partial charge in [-0.2, -0.15) is 0 Å². The van der Waals surface area contributed by atoms with Gasteiger partial charge < -0.3 is 13.7 Å². The Balaban J connectivity index is 0.907. The minimum Gasteiger partial charge on any atom is -0.309 e. The SMILES string of the molecule is c1ccc(-c2ccc([Si](c3ccccc3)(c3ccccc3)c3ccc4c5ccccc5n(-c5cc(-c6ccccc6)cc(-n6c7ccccc7c7ccc(-n8c9ccc(-c%10ccccc%10)cc9c9cc(-c%10ccccc%10)ccc98)cc76)c5)c4c3)cc2)cc1. The van der Waals surface area contributed by atoms with Crippen molar-refractivity contribution in [2.45, 2.75) is 0 Å². The van der Waals surface area contributed by atoms with E-state index in [0.29, 0.717) is 0 Å². The van der Waals surface area contributed by atoms with Crippen molar-refractivity contribution in [2.24, 2.45) is 0 Å². The van der Waals surface area contributed by atoms with Crippen LogP contribution in [0.4, 0.5) is 0 Å². The smallest absolute Gasteiger partial charge is 0.179 e. The topological polar surface area (TPSA) is 14.8 Å². The molecule has 0 aliphatic carbocycles. The molecule has 0 amide bonds. The van der Waals surface area contributed by atoms with E-state index in [2.05, 4.69) is 359 Å². The second-order valence-electron chi connectivity index (χ2n) is 23.2. The van der Waals surface area contributed by atoms with Crippen LogP contribution in [0.15, 0.2) is 346 Å². The summed E-state index contributed by atoms with van der Waals surface area (Å²) in [6, 6.07) is 129. The lowest BCUT2D eigenvalue weighted by molar-refractivity contribution is 1.13. The number of rotatable bonds is 11. The van der Waals surface area contributed by atoms with Crippen molar-refractivity contribution in [1.29, 1.82) is 0 Å². The molecule has 412 valence electrons. The maximum absolute atomic E-state index is 3.01. The first-order chi connectivity index (χ1) is 43.6. The Kier molecular flexibility index (Phi) is 12.2. The first-order valence-electron chi connectivity index (χ1n) is 30.4. The molecule has 88 heavy (non-hydrogen) atoms. The van der Waals surface area contributed by atoms with Crippen LogP contribution in [-0.2, 0) is 0 Å². The van der Waals surface area contributed by atoms with Crippen LogP contribution in [-0.4, -0.2) is 21.8 Å². The quantitative estimate of drug-likeness (QED) is 0.0906. The lowest BCUT2D eigenvalue weighted by atomic mass is 10.0. The molecule has 0 N–H and O–H groups in total. The molecule has 0 fully saturated rings. The van der Waals surface area contributed by atoms with E-state index < -0.39 is 8.07 Å². The summed E-state index contributed by atoms with van der Waals surface area (Å²) in [5.74, 6) is 0. The van der Waals surface area contributed by atoms with Gasteiger partial charge in [-0.3, -0.25) is 0 Å². The van der Waals surface area contributed by atoms with Crippen molar-refractivity contribution in [3.63, 3.8) is 0 Å². The van der Waals surface area contributed by atoms with Gasteiger partial charge in [0, 0.05) is 49.4 Å². The van der Waals surface area contributed by atoms with E-state index in [1.807, 2.05) is 0 Å². The molecule has 14 aromatic carbocycles. The highest BCUT2D eigenvalue weighted by molar-refractivity contribution is 7.20. The molecular formula is C84H57N3Si. The van der Waals surface area contributed by atoms with Gasteiger partial charge in [0.05, 0.1) is 33.1 Å². The second kappa shape index (κ2) is 21.0. The Hall–Kier alpha value is -11.3. The van der Waals surface area contributed by atoms with Gasteiger partial charge in [0.2, 0.25) is 0 Å². The van der Waals surface area contributed by atoms with Crippen LogP contribution in [0.25, 0.3) is 127 Å². The zero-order valence-corrected chi connectivity index (χ0v) is 49.3. The summed E-state index contributed by atoms with van der Waals surface area (Å²) >= 11 is 0. The largest absolute Gasteiger partial charge is 0.309 e. The molecule has 3 heterocycles. The van der Waals surface area contributed by atoms with Crippen LogP contribution in [0.1, 0.15) is 0 Å². The van der Waals surface area contributed by atoms with Gasteiger partial charge in [0.25, 0.3) is 0 Å². The number of aromatic nitrogens is 3. The number of para-hydroxylation sites is 2. The fourth-order valence-corrected chi connectivity index (χ4v) is 19.1. The number of nitrogens with zero attached hydrogens (tertiary/aromatic N) is 3. The lowest BCUT2D eigenvalue weighted by Gasteiger charge is -2.34.